The highest BCUT2D eigenvalue weighted by atomic mass is 16.1. The Morgan fingerprint density at radius 2 is 1.78 bits per heavy atom. The van der Waals surface area contributed by atoms with Crippen LogP contribution in [-0.4, -0.2) is 21.1 Å². The molecule has 4 rings (SSSR count). The zero-order chi connectivity index (χ0) is 18.8. The lowest BCUT2D eigenvalue weighted by Crippen LogP contribution is -2.05. The van der Waals surface area contributed by atoms with Gasteiger partial charge in [-0.1, -0.05) is 36.4 Å². The number of hydrogen-bond donors (Lipinski definition) is 3. The standard InChI is InChI=1S/C21H19N5O/c1-13-11-20(26-25-13)23-19-12-16-5-3-4-6-18(16)21(24-19)15-7-9-17(10-8-15)22-14(2)27/h3-12H,1-2H3,(H,22,27)(H2,23,24,25,26). The summed E-state index contributed by atoms with van der Waals surface area (Å²) in [6, 6.07) is 19.7. The second-order valence-corrected chi connectivity index (χ2v) is 6.40. The zero-order valence-electron chi connectivity index (χ0n) is 15.1. The first-order valence-corrected chi connectivity index (χ1v) is 8.65. The molecule has 0 spiro atoms. The van der Waals surface area contributed by atoms with Crippen LogP contribution in [0.25, 0.3) is 22.0 Å². The van der Waals surface area contributed by atoms with E-state index in [1.54, 1.807) is 0 Å². The van der Waals surface area contributed by atoms with E-state index in [2.05, 4.69) is 33.0 Å². The molecule has 2 heterocycles. The SMILES string of the molecule is CC(=O)Nc1ccc(-c2nc(Nc3cc(C)[nH]n3)cc3ccccc23)cc1. The second kappa shape index (κ2) is 6.92. The molecule has 0 aliphatic rings. The number of benzene rings is 2. The summed E-state index contributed by atoms with van der Waals surface area (Å²) >= 11 is 0. The molecule has 6 nitrogen and oxygen atoms in total. The van der Waals surface area contributed by atoms with Gasteiger partial charge in [0.1, 0.15) is 5.82 Å². The fraction of sp³-hybridized carbons (Fsp3) is 0.0952. The van der Waals surface area contributed by atoms with Crippen molar-refractivity contribution in [2.24, 2.45) is 0 Å². The summed E-state index contributed by atoms with van der Waals surface area (Å²) < 4.78 is 0. The van der Waals surface area contributed by atoms with Crippen LogP contribution in [0.4, 0.5) is 17.3 Å². The number of pyridine rings is 1. The first-order valence-electron chi connectivity index (χ1n) is 8.65. The van der Waals surface area contributed by atoms with E-state index in [4.69, 9.17) is 4.98 Å². The smallest absolute Gasteiger partial charge is 0.221 e. The monoisotopic (exact) mass is 357 g/mol. The van der Waals surface area contributed by atoms with Crippen molar-refractivity contribution in [2.75, 3.05) is 10.6 Å². The van der Waals surface area contributed by atoms with Gasteiger partial charge in [-0.15, -0.1) is 0 Å². The van der Waals surface area contributed by atoms with Gasteiger partial charge in [0.05, 0.1) is 5.69 Å². The Morgan fingerprint density at radius 3 is 2.48 bits per heavy atom. The molecule has 0 aliphatic heterocycles. The molecule has 0 saturated carbocycles. The van der Waals surface area contributed by atoms with Gasteiger partial charge in [-0.3, -0.25) is 9.89 Å². The van der Waals surface area contributed by atoms with Crippen molar-refractivity contribution in [3.05, 3.63) is 66.4 Å². The zero-order valence-corrected chi connectivity index (χ0v) is 15.1. The molecule has 0 aliphatic carbocycles. The van der Waals surface area contributed by atoms with Gasteiger partial charge in [-0.25, -0.2) is 4.98 Å². The minimum absolute atomic E-state index is 0.0909. The maximum absolute atomic E-state index is 11.2. The number of nitrogens with zero attached hydrogens (tertiary/aromatic N) is 2. The molecular formula is C21H19N5O. The average molecular weight is 357 g/mol. The number of carbonyl (C=O) groups is 1. The third kappa shape index (κ3) is 3.64. The number of aromatic nitrogens is 3. The van der Waals surface area contributed by atoms with Gasteiger partial charge in [0, 0.05) is 35.3 Å². The molecule has 4 aromatic rings. The van der Waals surface area contributed by atoms with Gasteiger partial charge in [-0.05, 0) is 30.5 Å². The van der Waals surface area contributed by atoms with Crippen molar-refractivity contribution < 1.29 is 4.79 Å². The molecule has 0 saturated heterocycles. The van der Waals surface area contributed by atoms with Crippen LogP contribution in [-0.2, 0) is 4.79 Å². The maximum atomic E-state index is 11.2. The lowest BCUT2D eigenvalue weighted by Gasteiger charge is -2.11. The van der Waals surface area contributed by atoms with Gasteiger partial charge in [-0.2, -0.15) is 5.10 Å². The highest BCUT2D eigenvalue weighted by molar-refractivity contribution is 5.97. The van der Waals surface area contributed by atoms with Crippen LogP contribution in [0.5, 0.6) is 0 Å². The third-order valence-electron chi connectivity index (χ3n) is 4.18. The quantitative estimate of drug-likeness (QED) is 0.497. The highest BCUT2D eigenvalue weighted by Gasteiger charge is 2.10. The Kier molecular flexibility index (Phi) is 4.30. The first-order chi connectivity index (χ1) is 13.1. The van der Waals surface area contributed by atoms with E-state index >= 15 is 0 Å². The molecule has 6 heteroatoms. The number of carbonyl (C=O) groups excluding carboxylic acids is 1. The molecule has 2 aromatic heterocycles. The fourth-order valence-corrected chi connectivity index (χ4v) is 3.01. The van der Waals surface area contributed by atoms with Crippen molar-refractivity contribution in [2.45, 2.75) is 13.8 Å². The van der Waals surface area contributed by atoms with Gasteiger partial charge >= 0.3 is 0 Å². The van der Waals surface area contributed by atoms with Crippen molar-refractivity contribution in [1.29, 1.82) is 0 Å². The molecule has 2 aromatic carbocycles. The minimum Gasteiger partial charge on any atom is -0.326 e. The van der Waals surface area contributed by atoms with E-state index in [0.717, 1.165) is 45.0 Å². The summed E-state index contributed by atoms with van der Waals surface area (Å²) in [5.74, 6) is 1.36. The first kappa shape index (κ1) is 16.8. The van der Waals surface area contributed by atoms with Crippen LogP contribution < -0.4 is 10.6 Å². The predicted octanol–water partition coefficient (Wildman–Crippen LogP) is 4.64. The topological polar surface area (TPSA) is 82.7 Å². The van der Waals surface area contributed by atoms with Gasteiger partial charge in [0.2, 0.25) is 5.91 Å². The fourth-order valence-electron chi connectivity index (χ4n) is 3.01. The van der Waals surface area contributed by atoms with Crippen LogP contribution in [0.2, 0.25) is 0 Å². The van der Waals surface area contributed by atoms with Gasteiger partial charge in [0.15, 0.2) is 5.82 Å². The summed E-state index contributed by atoms with van der Waals surface area (Å²) in [4.78, 5) is 16.0. The van der Waals surface area contributed by atoms with Crippen molar-refractivity contribution in [3.63, 3.8) is 0 Å². The molecule has 0 radical (unpaired) electrons. The number of aromatic amines is 1. The van der Waals surface area contributed by atoms with Gasteiger partial charge < -0.3 is 10.6 Å². The number of hydrogen-bond acceptors (Lipinski definition) is 4. The predicted molar refractivity (Wildman–Crippen MR) is 108 cm³/mol. The van der Waals surface area contributed by atoms with E-state index < -0.39 is 0 Å². The van der Waals surface area contributed by atoms with Crippen LogP contribution >= 0.6 is 0 Å². The molecular weight excluding hydrogens is 338 g/mol. The number of nitrogens with one attached hydrogen (secondary N) is 3. The van der Waals surface area contributed by atoms with Crippen molar-refractivity contribution in [3.8, 4) is 11.3 Å². The van der Waals surface area contributed by atoms with Crippen LogP contribution in [0, 0.1) is 6.92 Å². The Balaban J connectivity index is 1.77. The third-order valence-corrected chi connectivity index (χ3v) is 4.18. The molecule has 1 amide bonds. The lowest BCUT2D eigenvalue weighted by molar-refractivity contribution is -0.114. The lowest BCUT2D eigenvalue weighted by atomic mass is 10.0. The minimum atomic E-state index is -0.0909. The second-order valence-electron chi connectivity index (χ2n) is 6.40. The number of rotatable bonds is 4. The number of fused-ring (bicyclic) bond motifs is 1. The van der Waals surface area contributed by atoms with E-state index in [1.807, 2.05) is 55.5 Å². The molecule has 3 N–H and O–H groups in total. The highest BCUT2D eigenvalue weighted by Crippen LogP contribution is 2.30. The van der Waals surface area contributed by atoms with Crippen LogP contribution in [0.1, 0.15) is 12.6 Å². The normalized spacial score (nSPS) is 10.7. The Bertz CT molecular complexity index is 1120. The molecule has 27 heavy (non-hydrogen) atoms. The number of amides is 1. The van der Waals surface area contributed by atoms with Crippen LogP contribution in [0.15, 0.2) is 60.7 Å². The van der Waals surface area contributed by atoms with E-state index in [-0.39, 0.29) is 5.91 Å². The van der Waals surface area contributed by atoms with E-state index in [0.29, 0.717) is 0 Å². The van der Waals surface area contributed by atoms with Crippen molar-refractivity contribution in [1.82, 2.24) is 15.2 Å². The summed E-state index contributed by atoms with van der Waals surface area (Å²) in [5.41, 5.74) is 3.59. The van der Waals surface area contributed by atoms with Gasteiger partial charge in [0.25, 0.3) is 0 Å². The Morgan fingerprint density at radius 1 is 1.00 bits per heavy atom. The largest absolute Gasteiger partial charge is 0.326 e. The average Bonchev–Trinajstić information content (AvgIpc) is 3.06. The number of anilines is 3. The molecule has 0 fully saturated rings. The number of aryl methyl sites for hydroxylation is 1. The van der Waals surface area contributed by atoms with E-state index in [9.17, 15) is 4.79 Å². The van der Waals surface area contributed by atoms with Crippen molar-refractivity contribution >= 4 is 34.0 Å². The molecule has 0 atom stereocenters. The molecule has 0 unspecified atom stereocenters. The number of H-pyrrole nitrogens is 1. The molecule has 134 valence electrons. The summed E-state index contributed by atoms with van der Waals surface area (Å²) in [7, 11) is 0. The summed E-state index contributed by atoms with van der Waals surface area (Å²) in [6.07, 6.45) is 0. The molecule has 0 bridgehead atoms. The Labute approximate surface area is 156 Å². The maximum Gasteiger partial charge on any atom is 0.221 e. The van der Waals surface area contributed by atoms with Crippen LogP contribution in [0.3, 0.4) is 0 Å². The van der Waals surface area contributed by atoms with E-state index in [1.165, 1.54) is 6.92 Å². The summed E-state index contributed by atoms with van der Waals surface area (Å²) in [6.45, 7) is 3.45. The summed E-state index contributed by atoms with van der Waals surface area (Å²) in [5, 5.41) is 15.3. The Hall–Kier alpha value is -3.67.